The summed E-state index contributed by atoms with van der Waals surface area (Å²) in [7, 11) is 0. The van der Waals surface area contributed by atoms with Gasteiger partial charge in [0, 0.05) is 50.0 Å². The maximum absolute atomic E-state index is 12.7. The molecule has 1 atom stereocenters. The van der Waals surface area contributed by atoms with E-state index < -0.39 is 0 Å². The highest BCUT2D eigenvalue weighted by Crippen LogP contribution is 2.36. The summed E-state index contributed by atoms with van der Waals surface area (Å²) in [5.74, 6) is 1.85. The zero-order valence-electron chi connectivity index (χ0n) is 14.8. The number of hydrogen-bond acceptors (Lipinski definition) is 5. The van der Waals surface area contributed by atoms with Crippen LogP contribution in [0.25, 0.3) is 0 Å². The van der Waals surface area contributed by atoms with E-state index >= 15 is 0 Å². The number of ether oxygens (including phenoxy) is 1. The first-order valence-electron chi connectivity index (χ1n) is 9.74. The van der Waals surface area contributed by atoms with Gasteiger partial charge in [-0.1, -0.05) is 6.42 Å². The zero-order valence-corrected chi connectivity index (χ0v) is 14.8. The van der Waals surface area contributed by atoms with Crippen molar-refractivity contribution in [3.05, 3.63) is 18.1 Å². The van der Waals surface area contributed by atoms with Crippen molar-refractivity contribution in [2.75, 3.05) is 31.2 Å². The van der Waals surface area contributed by atoms with E-state index in [1.807, 2.05) is 0 Å². The fourth-order valence-electron chi connectivity index (χ4n) is 4.02. The highest BCUT2D eigenvalue weighted by molar-refractivity contribution is 5.79. The molecule has 0 aromatic carbocycles. The molecule has 3 fully saturated rings. The van der Waals surface area contributed by atoms with Gasteiger partial charge in [-0.15, -0.1) is 0 Å². The van der Waals surface area contributed by atoms with Gasteiger partial charge in [-0.3, -0.25) is 4.79 Å². The van der Waals surface area contributed by atoms with Gasteiger partial charge in [0.25, 0.3) is 0 Å². The molecule has 1 aromatic rings. The number of carbonyl (C=O) groups excluding carboxylic acids is 1. The highest BCUT2D eigenvalue weighted by atomic mass is 16.5. The maximum atomic E-state index is 12.7. The Hall–Kier alpha value is -1.69. The van der Waals surface area contributed by atoms with Crippen LogP contribution in [0.4, 0.5) is 5.82 Å². The third kappa shape index (κ3) is 3.94. The van der Waals surface area contributed by atoms with Crippen LogP contribution in [0.1, 0.15) is 56.6 Å². The van der Waals surface area contributed by atoms with Crippen molar-refractivity contribution in [1.82, 2.24) is 15.3 Å². The number of anilines is 1. The van der Waals surface area contributed by atoms with Crippen LogP contribution in [0.15, 0.2) is 12.4 Å². The first-order valence-corrected chi connectivity index (χ1v) is 9.74. The van der Waals surface area contributed by atoms with Crippen LogP contribution in [-0.4, -0.2) is 48.2 Å². The fourth-order valence-corrected chi connectivity index (χ4v) is 4.02. The minimum Gasteiger partial charge on any atom is -0.381 e. The topological polar surface area (TPSA) is 67.3 Å². The van der Waals surface area contributed by atoms with Crippen molar-refractivity contribution in [2.45, 2.75) is 56.9 Å². The monoisotopic (exact) mass is 344 g/mol. The summed E-state index contributed by atoms with van der Waals surface area (Å²) in [6.07, 6.45) is 9.34. The molecule has 1 N–H and O–H groups in total. The van der Waals surface area contributed by atoms with E-state index in [0.717, 1.165) is 57.8 Å². The third-order valence-electron chi connectivity index (χ3n) is 5.88. The third-order valence-corrected chi connectivity index (χ3v) is 5.88. The SMILES string of the molecule is O=C(NC1CCOCC1)C1CCCN(c2cc(C3CCC3)ncn2)C1. The molecule has 136 valence electrons. The van der Waals surface area contributed by atoms with Crippen molar-refractivity contribution < 1.29 is 9.53 Å². The van der Waals surface area contributed by atoms with Crippen molar-refractivity contribution in [2.24, 2.45) is 5.92 Å². The van der Waals surface area contributed by atoms with Gasteiger partial charge in [0.05, 0.1) is 5.92 Å². The standard InChI is InChI=1S/C19H28N4O2/c24-19(22-16-6-9-25-10-7-16)15-5-2-8-23(12-15)18-11-17(20-13-21-18)14-3-1-4-14/h11,13-16H,1-10,12H2,(H,22,24). The van der Waals surface area contributed by atoms with Gasteiger partial charge in [0.1, 0.15) is 12.1 Å². The predicted molar refractivity (Wildman–Crippen MR) is 95.5 cm³/mol. The molecule has 1 amide bonds. The zero-order chi connectivity index (χ0) is 17.1. The fraction of sp³-hybridized carbons (Fsp3) is 0.737. The van der Waals surface area contributed by atoms with E-state index in [0.29, 0.717) is 5.92 Å². The molecule has 1 aliphatic carbocycles. The second kappa shape index (κ2) is 7.68. The van der Waals surface area contributed by atoms with Gasteiger partial charge < -0.3 is 15.0 Å². The Labute approximate surface area is 149 Å². The van der Waals surface area contributed by atoms with E-state index in [9.17, 15) is 4.79 Å². The molecular formula is C19H28N4O2. The van der Waals surface area contributed by atoms with Crippen LogP contribution in [0.2, 0.25) is 0 Å². The molecule has 0 spiro atoms. The molecule has 6 nitrogen and oxygen atoms in total. The predicted octanol–water partition coefficient (Wildman–Crippen LogP) is 2.26. The molecule has 2 aliphatic heterocycles. The van der Waals surface area contributed by atoms with E-state index in [1.165, 1.54) is 25.0 Å². The van der Waals surface area contributed by atoms with Gasteiger partial charge in [-0.05, 0) is 38.5 Å². The molecule has 1 saturated carbocycles. The molecular weight excluding hydrogens is 316 g/mol. The molecule has 3 heterocycles. The first-order chi connectivity index (χ1) is 12.3. The van der Waals surface area contributed by atoms with Crippen LogP contribution in [0.3, 0.4) is 0 Å². The number of hydrogen-bond donors (Lipinski definition) is 1. The number of aromatic nitrogens is 2. The number of rotatable bonds is 4. The molecule has 25 heavy (non-hydrogen) atoms. The number of piperidine rings is 1. The Morgan fingerprint density at radius 1 is 1.12 bits per heavy atom. The second-order valence-electron chi connectivity index (χ2n) is 7.61. The smallest absolute Gasteiger partial charge is 0.225 e. The summed E-state index contributed by atoms with van der Waals surface area (Å²) in [6.45, 7) is 3.25. The maximum Gasteiger partial charge on any atom is 0.225 e. The van der Waals surface area contributed by atoms with Crippen LogP contribution < -0.4 is 10.2 Å². The van der Waals surface area contributed by atoms with Gasteiger partial charge >= 0.3 is 0 Å². The molecule has 0 radical (unpaired) electrons. The molecule has 4 rings (SSSR count). The summed E-state index contributed by atoms with van der Waals surface area (Å²) in [5, 5.41) is 3.23. The lowest BCUT2D eigenvalue weighted by Gasteiger charge is -2.34. The number of nitrogens with zero attached hydrogens (tertiary/aromatic N) is 3. The van der Waals surface area contributed by atoms with E-state index in [4.69, 9.17) is 4.74 Å². The Bertz CT molecular complexity index is 599. The number of nitrogens with one attached hydrogen (secondary N) is 1. The molecule has 6 heteroatoms. The van der Waals surface area contributed by atoms with Gasteiger partial charge in [-0.25, -0.2) is 9.97 Å². The Balaban J connectivity index is 1.37. The van der Waals surface area contributed by atoms with Crippen molar-refractivity contribution in [3.63, 3.8) is 0 Å². The van der Waals surface area contributed by atoms with Gasteiger partial charge in [-0.2, -0.15) is 0 Å². The average molecular weight is 344 g/mol. The van der Waals surface area contributed by atoms with Gasteiger partial charge in [0.15, 0.2) is 0 Å². The summed E-state index contributed by atoms with van der Waals surface area (Å²) >= 11 is 0. The van der Waals surface area contributed by atoms with Crippen LogP contribution in [-0.2, 0) is 9.53 Å². The summed E-state index contributed by atoms with van der Waals surface area (Å²) in [5.41, 5.74) is 1.17. The van der Waals surface area contributed by atoms with Crippen LogP contribution in [0, 0.1) is 5.92 Å². The van der Waals surface area contributed by atoms with Crippen molar-refractivity contribution >= 4 is 11.7 Å². The van der Waals surface area contributed by atoms with Crippen LogP contribution >= 0.6 is 0 Å². The Kier molecular flexibility index (Phi) is 5.15. The molecule has 1 unspecified atom stereocenters. The van der Waals surface area contributed by atoms with E-state index in [-0.39, 0.29) is 17.9 Å². The minimum atomic E-state index is 0.0544. The van der Waals surface area contributed by atoms with Crippen molar-refractivity contribution in [1.29, 1.82) is 0 Å². The van der Waals surface area contributed by atoms with E-state index in [2.05, 4.69) is 26.3 Å². The lowest BCUT2D eigenvalue weighted by molar-refractivity contribution is -0.126. The Morgan fingerprint density at radius 3 is 2.72 bits per heavy atom. The Morgan fingerprint density at radius 2 is 1.96 bits per heavy atom. The first kappa shape index (κ1) is 16.8. The minimum absolute atomic E-state index is 0.0544. The second-order valence-corrected chi connectivity index (χ2v) is 7.61. The normalized spacial score (nSPS) is 25.4. The highest BCUT2D eigenvalue weighted by Gasteiger charge is 2.29. The number of amides is 1. The largest absolute Gasteiger partial charge is 0.381 e. The average Bonchev–Trinajstić information content (AvgIpc) is 2.61. The number of carbonyl (C=O) groups is 1. The lowest BCUT2D eigenvalue weighted by atomic mass is 9.83. The summed E-state index contributed by atoms with van der Waals surface area (Å²) in [4.78, 5) is 23.9. The molecule has 3 aliphatic rings. The quantitative estimate of drug-likeness (QED) is 0.907. The molecule has 0 bridgehead atoms. The van der Waals surface area contributed by atoms with E-state index in [1.54, 1.807) is 6.33 Å². The molecule has 2 saturated heterocycles. The molecule has 1 aromatic heterocycles. The summed E-state index contributed by atoms with van der Waals surface area (Å²) in [6, 6.07) is 2.42. The summed E-state index contributed by atoms with van der Waals surface area (Å²) < 4.78 is 5.37. The van der Waals surface area contributed by atoms with Gasteiger partial charge in [0.2, 0.25) is 5.91 Å². The van der Waals surface area contributed by atoms with Crippen molar-refractivity contribution in [3.8, 4) is 0 Å². The lowest BCUT2D eigenvalue weighted by Crippen LogP contribution is -2.47. The van der Waals surface area contributed by atoms with Crippen LogP contribution in [0.5, 0.6) is 0 Å².